The number of likely N-dealkylation sites (N-methyl/N-ethyl adjacent to an activating group) is 1. The van der Waals surface area contributed by atoms with Gasteiger partial charge < -0.3 is 20.4 Å². The van der Waals surface area contributed by atoms with Gasteiger partial charge in [-0.25, -0.2) is 0 Å². The first-order chi connectivity index (χ1) is 13.0. The van der Waals surface area contributed by atoms with Gasteiger partial charge in [-0.1, -0.05) is 17.7 Å². The topological polar surface area (TPSA) is 42.9 Å². The molecule has 0 saturated carbocycles. The second-order valence-electron chi connectivity index (χ2n) is 7.71. The van der Waals surface area contributed by atoms with Gasteiger partial charge in [-0.05, 0) is 44.7 Å². The van der Waals surface area contributed by atoms with E-state index in [1.54, 1.807) is 0 Å². The van der Waals surface area contributed by atoms with Crippen LogP contribution >= 0.6 is 47.3 Å². The zero-order valence-electron chi connectivity index (χ0n) is 17.1. The molecule has 0 bridgehead atoms. The van der Waals surface area contributed by atoms with Gasteiger partial charge in [0.15, 0.2) is 5.96 Å². The summed E-state index contributed by atoms with van der Waals surface area (Å²) in [6, 6.07) is 6.20. The monoisotopic (exact) mass is 537 g/mol. The van der Waals surface area contributed by atoms with Crippen LogP contribution in [-0.4, -0.2) is 68.2 Å². The third kappa shape index (κ3) is 6.31. The number of nitrogens with one attached hydrogen (secondary N) is 2. The number of benzene rings is 1. The molecule has 2 fully saturated rings. The average Bonchev–Trinajstić information content (AvgIpc) is 3.10. The molecule has 1 aromatic rings. The standard InChI is InChI=1S/C20H32ClN5S.HI/c1-20(8-5-13-27-20)15-24-19(22-2)23-14-16-17(21)6-4-7-18(16)26-11-9-25(3)10-12-26;/h4,6-7H,5,8-15H2,1-3H3,(H2,22,23,24);1H. The van der Waals surface area contributed by atoms with E-state index < -0.39 is 0 Å². The van der Waals surface area contributed by atoms with Gasteiger partial charge in [-0.3, -0.25) is 4.99 Å². The smallest absolute Gasteiger partial charge is 0.191 e. The number of hydrogen-bond donors (Lipinski definition) is 2. The number of aliphatic imine (C=N–C) groups is 1. The molecule has 28 heavy (non-hydrogen) atoms. The number of hydrogen-bond acceptors (Lipinski definition) is 4. The lowest BCUT2D eigenvalue weighted by atomic mass is 10.1. The molecule has 1 unspecified atom stereocenters. The van der Waals surface area contributed by atoms with Crippen LogP contribution in [0, 0.1) is 0 Å². The quantitative estimate of drug-likeness (QED) is 0.341. The molecule has 2 heterocycles. The Hall–Kier alpha value is -0.380. The van der Waals surface area contributed by atoms with Crippen LogP contribution in [0.1, 0.15) is 25.3 Å². The van der Waals surface area contributed by atoms with Gasteiger partial charge in [-0.15, -0.1) is 24.0 Å². The maximum absolute atomic E-state index is 6.57. The normalized spacial score (nSPS) is 23.4. The molecule has 0 aliphatic carbocycles. The van der Waals surface area contributed by atoms with Crippen molar-refractivity contribution in [2.45, 2.75) is 31.1 Å². The molecule has 2 N–H and O–H groups in total. The average molecular weight is 538 g/mol. The number of nitrogens with zero attached hydrogens (tertiary/aromatic N) is 3. The largest absolute Gasteiger partial charge is 0.369 e. The Balaban J connectivity index is 0.00000280. The first-order valence-electron chi connectivity index (χ1n) is 9.80. The maximum Gasteiger partial charge on any atom is 0.191 e. The molecule has 158 valence electrons. The summed E-state index contributed by atoms with van der Waals surface area (Å²) in [5.74, 6) is 2.10. The lowest BCUT2D eigenvalue weighted by Crippen LogP contribution is -2.45. The fourth-order valence-electron chi connectivity index (χ4n) is 3.71. The highest BCUT2D eigenvalue weighted by Crippen LogP contribution is 2.37. The van der Waals surface area contributed by atoms with Crippen molar-refractivity contribution in [3.05, 3.63) is 28.8 Å². The summed E-state index contributed by atoms with van der Waals surface area (Å²) in [7, 11) is 4.00. The molecule has 2 saturated heterocycles. The molecule has 2 aliphatic rings. The second kappa shape index (κ2) is 11.1. The van der Waals surface area contributed by atoms with Crippen LogP contribution < -0.4 is 15.5 Å². The Morgan fingerprint density at radius 2 is 2.00 bits per heavy atom. The summed E-state index contributed by atoms with van der Waals surface area (Å²) >= 11 is 8.62. The Labute approximate surface area is 196 Å². The number of halogens is 2. The van der Waals surface area contributed by atoms with Gasteiger partial charge in [0.25, 0.3) is 0 Å². The van der Waals surface area contributed by atoms with Crippen molar-refractivity contribution in [3.8, 4) is 0 Å². The van der Waals surface area contributed by atoms with Crippen LogP contribution in [0.3, 0.4) is 0 Å². The Kier molecular flexibility index (Phi) is 9.50. The zero-order valence-corrected chi connectivity index (χ0v) is 21.0. The van der Waals surface area contributed by atoms with Gasteiger partial charge in [0, 0.05) is 67.3 Å². The van der Waals surface area contributed by atoms with E-state index in [1.807, 2.05) is 19.2 Å². The van der Waals surface area contributed by atoms with Crippen LogP contribution in [0.2, 0.25) is 5.02 Å². The summed E-state index contributed by atoms with van der Waals surface area (Å²) < 4.78 is 0.312. The van der Waals surface area contributed by atoms with Crippen LogP contribution in [0.4, 0.5) is 5.69 Å². The van der Waals surface area contributed by atoms with Gasteiger partial charge in [0.05, 0.1) is 0 Å². The minimum absolute atomic E-state index is 0. The number of rotatable bonds is 5. The van der Waals surface area contributed by atoms with E-state index in [0.29, 0.717) is 11.3 Å². The van der Waals surface area contributed by atoms with Crippen molar-refractivity contribution in [2.75, 3.05) is 57.5 Å². The first-order valence-corrected chi connectivity index (χ1v) is 11.2. The van der Waals surface area contributed by atoms with Crippen molar-refractivity contribution in [1.29, 1.82) is 0 Å². The number of piperazine rings is 1. The molecule has 1 aromatic carbocycles. The van der Waals surface area contributed by atoms with E-state index in [1.165, 1.54) is 24.3 Å². The predicted molar refractivity (Wildman–Crippen MR) is 135 cm³/mol. The molecule has 0 spiro atoms. The highest BCUT2D eigenvalue weighted by molar-refractivity contribution is 14.0. The molecule has 0 amide bonds. The highest BCUT2D eigenvalue weighted by atomic mass is 127. The predicted octanol–water partition coefficient (Wildman–Crippen LogP) is 3.66. The van der Waals surface area contributed by atoms with Gasteiger partial charge in [-0.2, -0.15) is 11.8 Å². The van der Waals surface area contributed by atoms with Gasteiger partial charge >= 0.3 is 0 Å². The SMILES string of the molecule is CN=C(NCc1c(Cl)cccc1N1CCN(C)CC1)NCC1(C)CCCS1.I. The van der Waals surface area contributed by atoms with Crippen LogP contribution in [-0.2, 0) is 6.54 Å². The third-order valence-electron chi connectivity index (χ3n) is 5.52. The fraction of sp³-hybridized carbons (Fsp3) is 0.650. The molecule has 5 nitrogen and oxygen atoms in total. The summed E-state index contributed by atoms with van der Waals surface area (Å²) in [5, 5.41) is 7.78. The number of thioether (sulfide) groups is 1. The minimum atomic E-state index is 0. The molecule has 1 atom stereocenters. The molecular weight excluding hydrogens is 505 g/mol. The number of guanidine groups is 1. The number of anilines is 1. The van der Waals surface area contributed by atoms with Crippen molar-refractivity contribution in [1.82, 2.24) is 15.5 Å². The lowest BCUT2D eigenvalue weighted by molar-refractivity contribution is 0.312. The van der Waals surface area contributed by atoms with E-state index in [9.17, 15) is 0 Å². The highest BCUT2D eigenvalue weighted by Gasteiger charge is 2.29. The van der Waals surface area contributed by atoms with E-state index in [2.05, 4.69) is 57.2 Å². The Bertz CT molecular complexity index is 658. The van der Waals surface area contributed by atoms with Crippen LogP contribution in [0.15, 0.2) is 23.2 Å². The summed E-state index contributed by atoms with van der Waals surface area (Å²) in [4.78, 5) is 9.21. The minimum Gasteiger partial charge on any atom is -0.369 e. The maximum atomic E-state index is 6.57. The second-order valence-corrected chi connectivity index (χ2v) is 9.80. The Morgan fingerprint density at radius 1 is 1.25 bits per heavy atom. The van der Waals surface area contributed by atoms with E-state index in [-0.39, 0.29) is 24.0 Å². The summed E-state index contributed by atoms with van der Waals surface area (Å²) in [6.45, 7) is 8.18. The summed E-state index contributed by atoms with van der Waals surface area (Å²) in [5.41, 5.74) is 2.38. The van der Waals surface area contributed by atoms with Crippen molar-refractivity contribution in [3.63, 3.8) is 0 Å². The van der Waals surface area contributed by atoms with E-state index >= 15 is 0 Å². The third-order valence-corrected chi connectivity index (χ3v) is 7.42. The molecule has 8 heteroatoms. The van der Waals surface area contributed by atoms with E-state index in [4.69, 9.17) is 11.6 Å². The Morgan fingerprint density at radius 3 is 2.64 bits per heavy atom. The van der Waals surface area contributed by atoms with E-state index in [0.717, 1.165) is 49.3 Å². The van der Waals surface area contributed by atoms with Gasteiger partial charge in [0.1, 0.15) is 0 Å². The van der Waals surface area contributed by atoms with Crippen molar-refractivity contribution in [2.24, 2.45) is 4.99 Å². The molecule has 0 aromatic heterocycles. The fourth-order valence-corrected chi connectivity index (χ4v) is 5.19. The lowest BCUT2D eigenvalue weighted by Gasteiger charge is -2.35. The summed E-state index contributed by atoms with van der Waals surface area (Å²) in [6.07, 6.45) is 2.57. The van der Waals surface area contributed by atoms with Crippen molar-refractivity contribution < 1.29 is 0 Å². The van der Waals surface area contributed by atoms with Gasteiger partial charge in [0.2, 0.25) is 0 Å². The van der Waals surface area contributed by atoms with Crippen molar-refractivity contribution >= 4 is 59.0 Å². The molecule has 2 aliphatic heterocycles. The first kappa shape index (κ1) is 23.9. The molecule has 3 rings (SSSR count). The van der Waals surface area contributed by atoms with Crippen LogP contribution in [0.25, 0.3) is 0 Å². The van der Waals surface area contributed by atoms with Crippen LogP contribution in [0.5, 0.6) is 0 Å². The molecular formula is C20H33ClIN5S. The zero-order chi connectivity index (χ0) is 19.3. The molecule has 0 radical (unpaired) electrons.